The van der Waals surface area contributed by atoms with Crippen molar-refractivity contribution >= 4 is 5.91 Å². The highest BCUT2D eigenvalue weighted by atomic mass is 16.6. The van der Waals surface area contributed by atoms with Crippen LogP contribution in [0.25, 0.3) is 0 Å². The highest BCUT2D eigenvalue weighted by Crippen LogP contribution is 2.34. The van der Waals surface area contributed by atoms with Gasteiger partial charge in [-0.15, -0.1) is 0 Å². The fraction of sp³-hybridized carbons (Fsp3) is 0.533. The summed E-state index contributed by atoms with van der Waals surface area (Å²) in [6.45, 7) is 2.59. The quantitative estimate of drug-likeness (QED) is 0.884. The number of hydrogen-bond acceptors (Lipinski definition) is 4. The summed E-state index contributed by atoms with van der Waals surface area (Å²) in [6.07, 6.45) is 2.15. The third-order valence-electron chi connectivity index (χ3n) is 3.91. The standard InChI is InChI=1S/C15H20N2O3/c1-16-11-4-3-7-17(10-11)15(18)12-5-2-6-13-14(12)20-9-8-19-13/h2,5-6,11,16H,3-4,7-10H2,1H3/t11-/m0/s1. The van der Waals surface area contributed by atoms with Crippen LogP contribution in [-0.4, -0.2) is 50.2 Å². The van der Waals surface area contributed by atoms with Gasteiger partial charge < -0.3 is 19.7 Å². The number of piperidine rings is 1. The molecule has 20 heavy (non-hydrogen) atoms. The summed E-state index contributed by atoms with van der Waals surface area (Å²) in [5.41, 5.74) is 0.610. The van der Waals surface area contributed by atoms with Crippen LogP contribution in [0.4, 0.5) is 0 Å². The first-order valence-corrected chi connectivity index (χ1v) is 7.14. The van der Waals surface area contributed by atoms with E-state index in [-0.39, 0.29) is 5.91 Å². The molecule has 0 spiro atoms. The van der Waals surface area contributed by atoms with Gasteiger partial charge in [-0.2, -0.15) is 0 Å². The van der Waals surface area contributed by atoms with E-state index in [1.165, 1.54) is 0 Å². The van der Waals surface area contributed by atoms with Crippen molar-refractivity contribution in [2.45, 2.75) is 18.9 Å². The zero-order valence-corrected chi connectivity index (χ0v) is 11.7. The van der Waals surface area contributed by atoms with Gasteiger partial charge in [-0.05, 0) is 32.0 Å². The maximum atomic E-state index is 12.7. The molecule has 2 heterocycles. The van der Waals surface area contributed by atoms with E-state index >= 15 is 0 Å². The molecule has 108 valence electrons. The zero-order chi connectivity index (χ0) is 13.9. The molecule has 5 nitrogen and oxygen atoms in total. The number of ether oxygens (including phenoxy) is 2. The fourth-order valence-electron chi connectivity index (χ4n) is 2.81. The summed E-state index contributed by atoms with van der Waals surface area (Å²) in [6, 6.07) is 5.89. The van der Waals surface area contributed by atoms with Gasteiger partial charge in [0.15, 0.2) is 11.5 Å². The molecule has 0 bridgehead atoms. The van der Waals surface area contributed by atoms with Crippen molar-refractivity contribution in [1.29, 1.82) is 0 Å². The fourth-order valence-corrected chi connectivity index (χ4v) is 2.81. The summed E-state index contributed by atoms with van der Waals surface area (Å²) in [5, 5.41) is 3.25. The first kappa shape index (κ1) is 13.2. The Morgan fingerprint density at radius 1 is 1.35 bits per heavy atom. The lowest BCUT2D eigenvalue weighted by atomic mass is 10.0. The minimum absolute atomic E-state index is 0.0345. The topological polar surface area (TPSA) is 50.8 Å². The molecule has 0 saturated carbocycles. The molecule has 1 fully saturated rings. The summed E-state index contributed by atoms with van der Waals surface area (Å²) in [5.74, 6) is 1.30. The molecule has 0 unspecified atom stereocenters. The zero-order valence-electron chi connectivity index (χ0n) is 11.7. The largest absolute Gasteiger partial charge is 0.486 e. The van der Waals surface area contributed by atoms with E-state index in [1.807, 2.05) is 30.1 Å². The molecule has 1 aromatic rings. The average Bonchev–Trinajstić information content (AvgIpc) is 2.53. The molecule has 1 saturated heterocycles. The van der Waals surface area contributed by atoms with Crippen molar-refractivity contribution in [3.63, 3.8) is 0 Å². The number of rotatable bonds is 2. The molecule has 1 aromatic carbocycles. The van der Waals surface area contributed by atoms with E-state index in [2.05, 4.69) is 5.32 Å². The summed E-state index contributed by atoms with van der Waals surface area (Å²) in [7, 11) is 1.94. The summed E-state index contributed by atoms with van der Waals surface area (Å²) < 4.78 is 11.2. The Bertz CT molecular complexity index is 504. The van der Waals surface area contributed by atoms with Crippen molar-refractivity contribution in [2.24, 2.45) is 0 Å². The molecular weight excluding hydrogens is 256 g/mol. The van der Waals surface area contributed by atoms with Crippen molar-refractivity contribution in [2.75, 3.05) is 33.4 Å². The van der Waals surface area contributed by atoms with Gasteiger partial charge in [0.2, 0.25) is 0 Å². The molecule has 0 aromatic heterocycles. The lowest BCUT2D eigenvalue weighted by molar-refractivity contribution is 0.0688. The highest BCUT2D eigenvalue weighted by molar-refractivity contribution is 5.98. The Morgan fingerprint density at radius 2 is 2.20 bits per heavy atom. The van der Waals surface area contributed by atoms with Crippen LogP contribution in [0.15, 0.2) is 18.2 Å². The van der Waals surface area contributed by atoms with Gasteiger partial charge in [-0.1, -0.05) is 6.07 Å². The van der Waals surface area contributed by atoms with E-state index in [9.17, 15) is 4.79 Å². The lowest BCUT2D eigenvalue weighted by Crippen LogP contribution is -2.47. The number of likely N-dealkylation sites (tertiary alicyclic amines) is 1. The number of para-hydroxylation sites is 1. The predicted octanol–water partition coefficient (Wildman–Crippen LogP) is 1.28. The van der Waals surface area contributed by atoms with Crippen LogP contribution in [0.1, 0.15) is 23.2 Å². The van der Waals surface area contributed by atoms with Gasteiger partial charge in [0.25, 0.3) is 5.91 Å². The van der Waals surface area contributed by atoms with E-state index in [1.54, 1.807) is 0 Å². The van der Waals surface area contributed by atoms with Crippen molar-refractivity contribution < 1.29 is 14.3 Å². The summed E-state index contributed by atoms with van der Waals surface area (Å²) in [4.78, 5) is 14.6. The number of nitrogens with zero attached hydrogens (tertiary/aromatic N) is 1. The molecular formula is C15H20N2O3. The third-order valence-corrected chi connectivity index (χ3v) is 3.91. The molecule has 1 amide bonds. The second kappa shape index (κ2) is 5.71. The van der Waals surface area contributed by atoms with Crippen molar-refractivity contribution in [1.82, 2.24) is 10.2 Å². The Kier molecular flexibility index (Phi) is 3.78. The number of benzene rings is 1. The Hall–Kier alpha value is -1.75. The molecule has 0 radical (unpaired) electrons. The normalized spacial score (nSPS) is 21.6. The van der Waals surface area contributed by atoms with E-state index in [0.717, 1.165) is 25.9 Å². The number of carbonyl (C=O) groups excluding carboxylic acids is 1. The molecule has 5 heteroatoms. The number of hydrogen-bond donors (Lipinski definition) is 1. The van der Waals surface area contributed by atoms with Crippen LogP contribution in [0.2, 0.25) is 0 Å². The number of carbonyl (C=O) groups is 1. The molecule has 2 aliphatic rings. The number of nitrogens with one attached hydrogen (secondary N) is 1. The van der Waals surface area contributed by atoms with Crippen molar-refractivity contribution in [3.8, 4) is 11.5 Å². The van der Waals surface area contributed by atoms with Crippen LogP contribution >= 0.6 is 0 Å². The van der Waals surface area contributed by atoms with E-state index < -0.39 is 0 Å². The first-order valence-electron chi connectivity index (χ1n) is 7.14. The molecule has 1 N–H and O–H groups in total. The first-order chi connectivity index (χ1) is 9.79. The Labute approximate surface area is 118 Å². The Balaban J connectivity index is 1.83. The predicted molar refractivity (Wildman–Crippen MR) is 75.4 cm³/mol. The number of fused-ring (bicyclic) bond motifs is 1. The second-order valence-corrected chi connectivity index (χ2v) is 5.21. The van der Waals surface area contributed by atoms with Gasteiger partial charge in [-0.3, -0.25) is 4.79 Å². The second-order valence-electron chi connectivity index (χ2n) is 5.21. The van der Waals surface area contributed by atoms with Crippen LogP contribution in [0, 0.1) is 0 Å². The molecule has 3 rings (SSSR count). The SMILES string of the molecule is CN[C@H]1CCCN(C(=O)c2cccc3c2OCCO3)C1. The maximum absolute atomic E-state index is 12.7. The van der Waals surface area contributed by atoms with Crippen molar-refractivity contribution in [3.05, 3.63) is 23.8 Å². The third kappa shape index (κ3) is 2.45. The van der Waals surface area contributed by atoms with Crippen LogP contribution in [0.5, 0.6) is 11.5 Å². The van der Waals surface area contributed by atoms with Crippen LogP contribution in [-0.2, 0) is 0 Å². The monoisotopic (exact) mass is 276 g/mol. The Morgan fingerprint density at radius 3 is 3.05 bits per heavy atom. The van der Waals surface area contributed by atoms with Gasteiger partial charge in [-0.25, -0.2) is 0 Å². The van der Waals surface area contributed by atoms with Gasteiger partial charge in [0.1, 0.15) is 13.2 Å². The highest BCUT2D eigenvalue weighted by Gasteiger charge is 2.27. The molecule has 2 aliphatic heterocycles. The van der Waals surface area contributed by atoms with E-state index in [0.29, 0.717) is 36.3 Å². The number of likely N-dealkylation sites (N-methyl/N-ethyl adjacent to an activating group) is 1. The minimum Gasteiger partial charge on any atom is -0.486 e. The smallest absolute Gasteiger partial charge is 0.257 e. The van der Waals surface area contributed by atoms with E-state index in [4.69, 9.17) is 9.47 Å². The lowest BCUT2D eigenvalue weighted by Gasteiger charge is -2.33. The van der Waals surface area contributed by atoms with Gasteiger partial charge >= 0.3 is 0 Å². The maximum Gasteiger partial charge on any atom is 0.257 e. The van der Waals surface area contributed by atoms with Crippen LogP contribution in [0.3, 0.4) is 0 Å². The molecule has 0 aliphatic carbocycles. The average molecular weight is 276 g/mol. The van der Waals surface area contributed by atoms with Crippen LogP contribution < -0.4 is 14.8 Å². The molecule has 1 atom stereocenters. The minimum atomic E-state index is 0.0345. The van der Waals surface area contributed by atoms with Gasteiger partial charge in [0.05, 0.1) is 5.56 Å². The van der Waals surface area contributed by atoms with Gasteiger partial charge in [0, 0.05) is 19.1 Å². The number of amides is 1. The summed E-state index contributed by atoms with van der Waals surface area (Å²) >= 11 is 0.